The molecular formula is C12H10BrClN2O2S. The molecule has 1 aromatic heterocycles. The molecule has 7 heteroatoms. The van der Waals surface area contributed by atoms with Gasteiger partial charge in [-0.15, -0.1) is 22.6 Å². The fourth-order valence-corrected chi connectivity index (χ4v) is 2.14. The summed E-state index contributed by atoms with van der Waals surface area (Å²) in [6.07, 6.45) is 0. The Morgan fingerprint density at radius 2 is 2.16 bits per heavy atom. The summed E-state index contributed by atoms with van der Waals surface area (Å²) in [5.74, 6) is 6.32. The van der Waals surface area contributed by atoms with Crippen LogP contribution in [0.25, 0.3) is 11.5 Å². The molecule has 100 valence electrons. The fourth-order valence-electron chi connectivity index (χ4n) is 1.21. The van der Waals surface area contributed by atoms with Crippen LogP contribution < -0.4 is 0 Å². The average molecular weight is 362 g/mol. The Bertz CT molecular complexity index is 595. The summed E-state index contributed by atoms with van der Waals surface area (Å²) in [7, 11) is 0. The third kappa shape index (κ3) is 4.88. The molecule has 1 heterocycles. The maximum absolute atomic E-state index is 8.50. The maximum atomic E-state index is 8.50. The number of thioether (sulfide) groups is 1. The van der Waals surface area contributed by atoms with Crippen LogP contribution in [0.3, 0.4) is 0 Å². The summed E-state index contributed by atoms with van der Waals surface area (Å²) in [6.45, 7) is -0.131. The summed E-state index contributed by atoms with van der Waals surface area (Å²) in [4.78, 5) is 0. The number of benzene rings is 1. The predicted octanol–water partition coefficient (Wildman–Crippen LogP) is 3.01. The quantitative estimate of drug-likeness (QED) is 0.673. The SMILES string of the molecule is Cl.OCC#CCSc1nnc(-c2cccc(Br)c2)o1. The molecule has 0 aliphatic carbocycles. The highest BCUT2D eigenvalue weighted by Gasteiger charge is 2.08. The minimum atomic E-state index is -0.131. The van der Waals surface area contributed by atoms with Gasteiger partial charge in [-0.1, -0.05) is 45.6 Å². The highest BCUT2D eigenvalue weighted by atomic mass is 79.9. The van der Waals surface area contributed by atoms with E-state index in [1.165, 1.54) is 11.8 Å². The Labute approximate surface area is 129 Å². The van der Waals surface area contributed by atoms with E-state index in [1.54, 1.807) is 0 Å². The highest BCUT2D eigenvalue weighted by Crippen LogP contribution is 2.24. The molecule has 1 aromatic carbocycles. The minimum Gasteiger partial charge on any atom is -0.411 e. The summed E-state index contributed by atoms with van der Waals surface area (Å²) < 4.78 is 6.45. The first-order valence-electron chi connectivity index (χ1n) is 5.08. The smallest absolute Gasteiger partial charge is 0.277 e. The number of nitrogens with zero attached hydrogens (tertiary/aromatic N) is 2. The van der Waals surface area contributed by atoms with Crippen LogP contribution in [0.2, 0.25) is 0 Å². The van der Waals surface area contributed by atoms with Crippen molar-refractivity contribution in [3.8, 4) is 23.3 Å². The number of aromatic nitrogens is 2. The molecule has 0 saturated heterocycles. The number of halogens is 2. The zero-order valence-corrected chi connectivity index (χ0v) is 12.9. The Kier molecular flexibility index (Phi) is 6.95. The van der Waals surface area contributed by atoms with Crippen molar-refractivity contribution in [2.24, 2.45) is 0 Å². The summed E-state index contributed by atoms with van der Waals surface area (Å²) >= 11 is 4.73. The zero-order valence-electron chi connectivity index (χ0n) is 9.67. The van der Waals surface area contributed by atoms with Crippen LogP contribution in [0.5, 0.6) is 0 Å². The highest BCUT2D eigenvalue weighted by molar-refractivity contribution is 9.10. The van der Waals surface area contributed by atoms with Gasteiger partial charge in [0.1, 0.15) is 6.61 Å². The Balaban J connectivity index is 0.00000180. The maximum Gasteiger partial charge on any atom is 0.277 e. The lowest BCUT2D eigenvalue weighted by atomic mass is 10.2. The van der Waals surface area contributed by atoms with E-state index in [0.29, 0.717) is 16.9 Å². The molecule has 2 aromatic rings. The monoisotopic (exact) mass is 360 g/mol. The van der Waals surface area contributed by atoms with Crippen LogP contribution in [0.15, 0.2) is 38.4 Å². The molecule has 0 atom stereocenters. The number of aliphatic hydroxyl groups excluding tert-OH is 1. The van der Waals surface area contributed by atoms with Crippen molar-refractivity contribution >= 4 is 40.1 Å². The van der Waals surface area contributed by atoms with Gasteiger partial charge in [-0.05, 0) is 18.2 Å². The lowest BCUT2D eigenvalue weighted by Gasteiger charge is -1.94. The second kappa shape index (κ2) is 8.23. The van der Waals surface area contributed by atoms with E-state index in [9.17, 15) is 0 Å². The van der Waals surface area contributed by atoms with Gasteiger partial charge in [-0.2, -0.15) is 0 Å². The van der Waals surface area contributed by atoms with E-state index in [-0.39, 0.29) is 19.0 Å². The average Bonchev–Trinajstić information content (AvgIpc) is 2.83. The topological polar surface area (TPSA) is 59.2 Å². The summed E-state index contributed by atoms with van der Waals surface area (Å²) in [6, 6.07) is 7.65. The molecule has 2 rings (SSSR count). The molecule has 0 saturated carbocycles. The third-order valence-corrected chi connectivity index (χ3v) is 3.14. The van der Waals surface area contributed by atoms with Crippen molar-refractivity contribution in [2.75, 3.05) is 12.4 Å². The molecule has 0 aliphatic heterocycles. The number of aliphatic hydroxyl groups is 1. The predicted molar refractivity (Wildman–Crippen MR) is 80.3 cm³/mol. The van der Waals surface area contributed by atoms with Crippen LogP contribution in [0.1, 0.15) is 0 Å². The van der Waals surface area contributed by atoms with E-state index >= 15 is 0 Å². The number of hydrogen-bond acceptors (Lipinski definition) is 5. The number of hydrogen-bond donors (Lipinski definition) is 1. The first kappa shape index (κ1) is 16.1. The normalized spacial score (nSPS) is 9.37. The summed E-state index contributed by atoms with van der Waals surface area (Å²) in [5.41, 5.74) is 0.866. The van der Waals surface area contributed by atoms with Crippen LogP contribution in [0, 0.1) is 11.8 Å². The van der Waals surface area contributed by atoms with Gasteiger partial charge in [-0.3, -0.25) is 0 Å². The molecule has 4 nitrogen and oxygen atoms in total. The van der Waals surface area contributed by atoms with Crippen molar-refractivity contribution in [2.45, 2.75) is 5.22 Å². The second-order valence-corrected chi connectivity index (χ2v) is 5.03. The van der Waals surface area contributed by atoms with Gasteiger partial charge in [0.15, 0.2) is 0 Å². The van der Waals surface area contributed by atoms with E-state index < -0.39 is 0 Å². The van der Waals surface area contributed by atoms with Gasteiger partial charge in [0, 0.05) is 10.0 Å². The van der Waals surface area contributed by atoms with Gasteiger partial charge < -0.3 is 9.52 Å². The van der Waals surface area contributed by atoms with E-state index in [4.69, 9.17) is 9.52 Å². The Morgan fingerprint density at radius 3 is 2.89 bits per heavy atom. The zero-order chi connectivity index (χ0) is 12.8. The molecule has 19 heavy (non-hydrogen) atoms. The van der Waals surface area contributed by atoms with Gasteiger partial charge in [-0.25, -0.2) is 0 Å². The van der Waals surface area contributed by atoms with E-state index in [2.05, 4.69) is 38.0 Å². The van der Waals surface area contributed by atoms with E-state index in [0.717, 1.165) is 10.0 Å². The van der Waals surface area contributed by atoms with E-state index in [1.807, 2.05) is 24.3 Å². The van der Waals surface area contributed by atoms with Crippen molar-refractivity contribution in [1.29, 1.82) is 0 Å². The van der Waals surface area contributed by atoms with Crippen molar-refractivity contribution in [1.82, 2.24) is 10.2 Å². The molecule has 0 aliphatic rings. The van der Waals surface area contributed by atoms with Crippen LogP contribution in [-0.2, 0) is 0 Å². The van der Waals surface area contributed by atoms with Crippen molar-refractivity contribution in [3.05, 3.63) is 28.7 Å². The van der Waals surface area contributed by atoms with Gasteiger partial charge in [0.2, 0.25) is 5.89 Å². The Morgan fingerprint density at radius 1 is 1.32 bits per heavy atom. The molecule has 0 amide bonds. The number of rotatable bonds is 3. The van der Waals surface area contributed by atoms with Crippen molar-refractivity contribution in [3.63, 3.8) is 0 Å². The first-order chi connectivity index (χ1) is 8.79. The molecule has 1 N–H and O–H groups in total. The Hall–Kier alpha value is -1.00. The molecule has 0 unspecified atom stereocenters. The molecule has 0 fully saturated rings. The lowest BCUT2D eigenvalue weighted by Crippen LogP contribution is -1.77. The minimum absolute atomic E-state index is 0. The molecule has 0 radical (unpaired) electrons. The van der Waals surface area contributed by atoms with Crippen LogP contribution >= 0.6 is 40.1 Å². The second-order valence-electron chi connectivity index (χ2n) is 3.18. The van der Waals surface area contributed by atoms with Crippen LogP contribution in [0.4, 0.5) is 0 Å². The van der Waals surface area contributed by atoms with Gasteiger partial charge in [0.05, 0.1) is 5.75 Å². The lowest BCUT2D eigenvalue weighted by molar-refractivity contribution is 0.350. The first-order valence-corrected chi connectivity index (χ1v) is 6.86. The van der Waals surface area contributed by atoms with Crippen molar-refractivity contribution < 1.29 is 9.52 Å². The molecule has 0 spiro atoms. The molecule has 0 bridgehead atoms. The van der Waals surface area contributed by atoms with Gasteiger partial charge >= 0.3 is 0 Å². The fraction of sp³-hybridized carbons (Fsp3) is 0.167. The largest absolute Gasteiger partial charge is 0.411 e. The molecular weight excluding hydrogens is 352 g/mol. The third-order valence-electron chi connectivity index (χ3n) is 1.95. The standard InChI is InChI=1S/C12H9BrN2O2S.ClH/c13-10-5-3-4-9(8-10)11-14-15-12(17-11)18-7-2-1-6-16;/h3-5,8,16H,6-7H2;1H. The summed E-state index contributed by atoms with van der Waals surface area (Å²) in [5, 5.41) is 16.9. The van der Waals surface area contributed by atoms with Crippen LogP contribution in [-0.4, -0.2) is 27.7 Å². The van der Waals surface area contributed by atoms with Gasteiger partial charge in [0.25, 0.3) is 5.22 Å².